The molecule has 4 rings (SSSR count). The van der Waals surface area contributed by atoms with E-state index in [0.29, 0.717) is 30.5 Å². The molecule has 0 radical (unpaired) electrons. The van der Waals surface area contributed by atoms with Gasteiger partial charge in [-0.1, -0.05) is 29.8 Å². The molecule has 27 heavy (non-hydrogen) atoms. The lowest BCUT2D eigenvalue weighted by Gasteiger charge is -2.38. The van der Waals surface area contributed by atoms with Gasteiger partial charge in [0.1, 0.15) is 11.6 Å². The zero-order chi connectivity index (χ0) is 19.1. The molecule has 0 aromatic heterocycles. The lowest BCUT2D eigenvalue weighted by Crippen LogP contribution is -2.41. The third-order valence-corrected chi connectivity index (χ3v) is 5.31. The lowest BCUT2D eigenvalue weighted by molar-refractivity contribution is -0.120. The predicted octanol–water partition coefficient (Wildman–Crippen LogP) is 4.80. The maximum absolute atomic E-state index is 14.4. The van der Waals surface area contributed by atoms with E-state index >= 15 is 0 Å². The van der Waals surface area contributed by atoms with Gasteiger partial charge in [-0.25, -0.2) is 8.78 Å². The van der Waals surface area contributed by atoms with Crippen molar-refractivity contribution in [1.82, 2.24) is 0 Å². The molecule has 1 atom stereocenters. The summed E-state index contributed by atoms with van der Waals surface area (Å²) in [6.07, 6.45) is 1.65. The quantitative estimate of drug-likeness (QED) is 0.765. The zero-order valence-electron chi connectivity index (χ0n) is 15.0. The first-order chi connectivity index (χ1) is 13.0. The molecular formula is C22H19F2NO2. The number of carbonyl (C=O) groups is 2. The van der Waals surface area contributed by atoms with Crippen LogP contribution in [0.3, 0.4) is 0 Å². The Hall–Kier alpha value is -2.82. The molecule has 0 saturated heterocycles. The number of nitrogens with zero attached hydrogens (tertiary/aromatic N) is 1. The number of ketones is 1. The molecule has 2 aliphatic rings. The number of amides is 1. The van der Waals surface area contributed by atoms with Crippen LogP contribution in [0.2, 0.25) is 0 Å². The molecule has 1 heterocycles. The van der Waals surface area contributed by atoms with Gasteiger partial charge in [-0.05, 0) is 37.5 Å². The van der Waals surface area contributed by atoms with E-state index in [2.05, 4.69) is 0 Å². The van der Waals surface area contributed by atoms with Crippen LogP contribution < -0.4 is 4.90 Å². The molecule has 1 aliphatic carbocycles. The molecular weight excluding hydrogens is 348 g/mol. The molecule has 0 unspecified atom stereocenters. The summed E-state index contributed by atoms with van der Waals surface area (Å²) in [4.78, 5) is 27.0. The van der Waals surface area contributed by atoms with Crippen molar-refractivity contribution in [2.45, 2.75) is 38.5 Å². The van der Waals surface area contributed by atoms with Crippen LogP contribution in [-0.4, -0.2) is 11.7 Å². The van der Waals surface area contributed by atoms with Crippen molar-refractivity contribution >= 4 is 17.4 Å². The van der Waals surface area contributed by atoms with E-state index in [4.69, 9.17) is 0 Å². The molecule has 0 fully saturated rings. The van der Waals surface area contributed by atoms with Crippen LogP contribution in [-0.2, 0) is 9.59 Å². The lowest BCUT2D eigenvalue weighted by atomic mass is 9.77. The fourth-order valence-corrected chi connectivity index (χ4v) is 4.02. The summed E-state index contributed by atoms with van der Waals surface area (Å²) in [6, 6.07) is 10.9. The molecule has 0 spiro atoms. The van der Waals surface area contributed by atoms with Gasteiger partial charge in [-0.3, -0.25) is 14.5 Å². The number of Topliss-reactive ketones (excluding diaryl/α,β-unsaturated/α-hetero) is 1. The summed E-state index contributed by atoms with van der Waals surface area (Å²) in [5.74, 6) is -2.10. The van der Waals surface area contributed by atoms with Crippen LogP contribution in [0, 0.1) is 18.6 Å². The third-order valence-electron chi connectivity index (χ3n) is 5.31. The Bertz CT molecular complexity index is 963. The topological polar surface area (TPSA) is 37.4 Å². The van der Waals surface area contributed by atoms with E-state index in [1.807, 2.05) is 31.2 Å². The average molecular weight is 367 g/mol. The van der Waals surface area contributed by atoms with Gasteiger partial charge in [0.2, 0.25) is 5.91 Å². The minimum Gasteiger partial charge on any atom is -0.294 e. The van der Waals surface area contributed by atoms with Gasteiger partial charge in [0.15, 0.2) is 5.78 Å². The number of anilines is 1. The zero-order valence-corrected chi connectivity index (χ0v) is 15.0. The Balaban J connectivity index is 1.87. The molecule has 0 saturated carbocycles. The first-order valence-electron chi connectivity index (χ1n) is 9.06. The van der Waals surface area contributed by atoms with Gasteiger partial charge >= 0.3 is 0 Å². The first kappa shape index (κ1) is 17.6. The summed E-state index contributed by atoms with van der Waals surface area (Å²) < 4.78 is 27.7. The highest BCUT2D eigenvalue weighted by Gasteiger charge is 2.40. The number of allylic oxidation sites excluding steroid dienone is 2. The van der Waals surface area contributed by atoms with Crippen molar-refractivity contribution in [2.24, 2.45) is 0 Å². The largest absolute Gasteiger partial charge is 0.294 e. The number of hydrogen-bond acceptors (Lipinski definition) is 2. The second-order valence-electron chi connectivity index (χ2n) is 7.13. The molecule has 1 aliphatic heterocycles. The molecule has 3 nitrogen and oxygen atoms in total. The first-order valence-corrected chi connectivity index (χ1v) is 9.06. The summed E-state index contributed by atoms with van der Waals surface area (Å²) in [5.41, 5.74) is 3.16. The standard InChI is InChI=1S/C22H19F2NO2/c1-13-5-7-14(8-6-13)16-12-21(27)25(18-10-9-15(23)11-17(18)24)19-3-2-4-20(26)22(16)19/h5-11,16H,2-4,12H2,1H3/t16-/m0/s1. The number of rotatable bonds is 2. The Morgan fingerprint density at radius 3 is 2.44 bits per heavy atom. The second kappa shape index (κ2) is 6.72. The fraction of sp³-hybridized carbons (Fsp3) is 0.273. The van der Waals surface area contributed by atoms with Crippen molar-refractivity contribution in [3.63, 3.8) is 0 Å². The van der Waals surface area contributed by atoms with E-state index < -0.39 is 11.6 Å². The van der Waals surface area contributed by atoms with Crippen molar-refractivity contribution in [1.29, 1.82) is 0 Å². The Morgan fingerprint density at radius 1 is 1.00 bits per heavy atom. The number of carbonyl (C=O) groups excluding carboxylic acids is 2. The molecule has 2 aromatic rings. The minimum absolute atomic E-state index is 0.00171. The van der Waals surface area contributed by atoms with Crippen molar-refractivity contribution in [2.75, 3.05) is 4.90 Å². The van der Waals surface area contributed by atoms with E-state index in [1.54, 1.807) is 0 Å². The number of aryl methyl sites for hydroxylation is 1. The maximum Gasteiger partial charge on any atom is 0.232 e. The molecule has 0 N–H and O–H groups in total. The molecule has 0 bridgehead atoms. The highest BCUT2D eigenvalue weighted by molar-refractivity contribution is 6.07. The Labute approximate surface area is 156 Å². The van der Waals surface area contributed by atoms with Gasteiger partial charge in [0.05, 0.1) is 5.69 Å². The van der Waals surface area contributed by atoms with Gasteiger partial charge in [-0.15, -0.1) is 0 Å². The van der Waals surface area contributed by atoms with Crippen LogP contribution in [0.4, 0.5) is 14.5 Å². The second-order valence-corrected chi connectivity index (χ2v) is 7.13. The number of halogens is 2. The third kappa shape index (κ3) is 3.07. The van der Waals surface area contributed by atoms with Crippen LogP contribution in [0.15, 0.2) is 53.7 Å². The molecule has 138 valence electrons. The van der Waals surface area contributed by atoms with Crippen molar-refractivity contribution in [3.05, 3.63) is 76.5 Å². The van der Waals surface area contributed by atoms with Crippen LogP contribution in [0.1, 0.15) is 42.7 Å². The Kier molecular flexibility index (Phi) is 4.38. The van der Waals surface area contributed by atoms with Gasteiger partial charge in [0.25, 0.3) is 0 Å². The number of hydrogen-bond donors (Lipinski definition) is 0. The molecule has 2 aromatic carbocycles. The van der Waals surface area contributed by atoms with E-state index in [0.717, 1.165) is 23.3 Å². The minimum atomic E-state index is -0.804. The number of benzene rings is 2. The van der Waals surface area contributed by atoms with Crippen LogP contribution in [0.25, 0.3) is 0 Å². The van der Waals surface area contributed by atoms with E-state index in [-0.39, 0.29) is 29.7 Å². The van der Waals surface area contributed by atoms with E-state index in [1.165, 1.54) is 11.0 Å². The summed E-state index contributed by atoms with van der Waals surface area (Å²) >= 11 is 0. The maximum atomic E-state index is 14.4. The normalized spacial score (nSPS) is 20.1. The fourth-order valence-electron chi connectivity index (χ4n) is 4.02. The molecule has 5 heteroatoms. The van der Waals surface area contributed by atoms with Crippen molar-refractivity contribution in [3.8, 4) is 0 Å². The SMILES string of the molecule is Cc1ccc([C@@H]2CC(=O)N(c3ccc(F)cc3F)C3=C2C(=O)CCC3)cc1. The van der Waals surface area contributed by atoms with Gasteiger partial charge in [0, 0.05) is 36.1 Å². The van der Waals surface area contributed by atoms with Crippen LogP contribution >= 0.6 is 0 Å². The summed E-state index contributed by atoms with van der Waals surface area (Å²) in [7, 11) is 0. The smallest absolute Gasteiger partial charge is 0.232 e. The highest BCUT2D eigenvalue weighted by atomic mass is 19.1. The summed E-state index contributed by atoms with van der Waals surface area (Å²) in [5, 5.41) is 0. The monoisotopic (exact) mass is 367 g/mol. The van der Waals surface area contributed by atoms with Gasteiger partial charge < -0.3 is 0 Å². The van der Waals surface area contributed by atoms with Crippen LogP contribution in [0.5, 0.6) is 0 Å². The van der Waals surface area contributed by atoms with E-state index in [9.17, 15) is 18.4 Å². The highest BCUT2D eigenvalue weighted by Crippen LogP contribution is 2.43. The van der Waals surface area contributed by atoms with Crippen molar-refractivity contribution < 1.29 is 18.4 Å². The summed E-state index contributed by atoms with van der Waals surface area (Å²) in [6.45, 7) is 1.98. The Morgan fingerprint density at radius 2 is 1.74 bits per heavy atom. The average Bonchev–Trinajstić information content (AvgIpc) is 2.63. The predicted molar refractivity (Wildman–Crippen MR) is 98.3 cm³/mol. The van der Waals surface area contributed by atoms with Gasteiger partial charge in [-0.2, -0.15) is 0 Å². The molecule has 1 amide bonds.